The van der Waals surface area contributed by atoms with Crippen molar-refractivity contribution >= 4 is 13.8 Å². The van der Waals surface area contributed by atoms with Crippen molar-refractivity contribution in [1.82, 2.24) is 0 Å². The molecule has 0 saturated heterocycles. The van der Waals surface area contributed by atoms with Gasteiger partial charge < -0.3 is 10.1 Å². The van der Waals surface area contributed by atoms with Crippen molar-refractivity contribution in [1.29, 1.82) is 0 Å². The fourth-order valence-corrected chi connectivity index (χ4v) is 9.36. The highest BCUT2D eigenvalue weighted by Gasteiger charge is 2.41. The summed E-state index contributed by atoms with van der Waals surface area (Å²) in [5, 5.41) is 3.61. The molecule has 1 aromatic carbocycles. The Morgan fingerprint density at radius 2 is 1.56 bits per heavy atom. The van der Waals surface area contributed by atoms with E-state index in [1.54, 1.807) is 7.11 Å². The molecule has 25 heavy (non-hydrogen) atoms. The van der Waals surface area contributed by atoms with Gasteiger partial charge in [0.1, 0.15) is 13.8 Å². The van der Waals surface area contributed by atoms with Crippen LogP contribution in [0.25, 0.3) is 0 Å². The number of hydrogen-bond donors (Lipinski definition) is 1. The lowest BCUT2D eigenvalue weighted by molar-refractivity contribution is 0.416. The van der Waals surface area contributed by atoms with Crippen LogP contribution in [-0.2, 0) is 0 Å². The van der Waals surface area contributed by atoms with Crippen LogP contribution in [0.1, 0.15) is 61.3 Å². The molecular formula is C22H37NOSi. The Bertz CT molecular complexity index is 561. The van der Waals surface area contributed by atoms with Crippen molar-refractivity contribution < 1.29 is 4.74 Å². The van der Waals surface area contributed by atoms with Crippen molar-refractivity contribution in [3.8, 4) is 17.2 Å². The summed E-state index contributed by atoms with van der Waals surface area (Å²) in [5.41, 5.74) is 6.87. The van der Waals surface area contributed by atoms with Crippen LogP contribution in [0.3, 0.4) is 0 Å². The Balaban J connectivity index is 3.18. The van der Waals surface area contributed by atoms with E-state index in [1.807, 2.05) is 18.2 Å². The fourth-order valence-electron chi connectivity index (χ4n) is 4.07. The van der Waals surface area contributed by atoms with Crippen LogP contribution in [0.15, 0.2) is 24.3 Å². The van der Waals surface area contributed by atoms with Crippen LogP contribution in [0.5, 0.6) is 5.75 Å². The molecule has 0 spiro atoms. The summed E-state index contributed by atoms with van der Waals surface area (Å²) in [7, 11) is 0.0266. The number of nitrogens with one attached hydrogen (secondary N) is 1. The highest BCUT2D eigenvalue weighted by atomic mass is 28.3. The van der Waals surface area contributed by atoms with Gasteiger partial charge in [0.05, 0.1) is 18.8 Å². The van der Waals surface area contributed by atoms with Crippen LogP contribution in [0.2, 0.25) is 16.6 Å². The zero-order valence-corrected chi connectivity index (χ0v) is 18.4. The van der Waals surface area contributed by atoms with Gasteiger partial charge in [-0.2, -0.15) is 0 Å². The van der Waals surface area contributed by atoms with Crippen molar-refractivity contribution in [3.05, 3.63) is 24.3 Å². The number of anilines is 1. The quantitative estimate of drug-likeness (QED) is 0.422. The minimum atomic E-state index is -1.69. The number of hydrogen-bond acceptors (Lipinski definition) is 2. The zero-order chi connectivity index (χ0) is 19.0. The second-order valence-electron chi connectivity index (χ2n) is 7.85. The van der Waals surface area contributed by atoms with E-state index in [-0.39, 0.29) is 6.04 Å². The molecule has 0 aliphatic carbocycles. The molecule has 0 radical (unpaired) electrons. The monoisotopic (exact) mass is 359 g/mol. The standard InChI is InChI=1S/C22H37NOSi/c1-9-12-20(23-21-13-10-11-14-22(21)24-8)15-16-25(17(2)3,18(4)5)19(6)7/h10-11,13-14,17-20,23H,9,12H2,1-8H3. The number of rotatable bonds is 8. The Labute approximate surface area is 156 Å². The van der Waals surface area contributed by atoms with Crippen molar-refractivity contribution in [3.63, 3.8) is 0 Å². The Kier molecular flexibility index (Phi) is 8.59. The van der Waals surface area contributed by atoms with Gasteiger partial charge in [-0.15, -0.1) is 5.54 Å². The predicted octanol–water partition coefficient (Wildman–Crippen LogP) is 6.50. The van der Waals surface area contributed by atoms with Gasteiger partial charge in [0.15, 0.2) is 0 Å². The first-order chi connectivity index (χ1) is 11.8. The van der Waals surface area contributed by atoms with Gasteiger partial charge in [-0.25, -0.2) is 0 Å². The molecule has 1 rings (SSSR count). The van der Waals surface area contributed by atoms with Gasteiger partial charge in [-0.3, -0.25) is 0 Å². The average molecular weight is 360 g/mol. The third kappa shape index (κ3) is 5.28. The summed E-state index contributed by atoms with van der Waals surface area (Å²) in [5.74, 6) is 4.53. The summed E-state index contributed by atoms with van der Waals surface area (Å²) in [6.45, 7) is 16.4. The first-order valence-corrected chi connectivity index (χ1v) is 11.9. The van der Waals surface area contributed by atoms with Gasteiger partial charge in [-0.1, -0.05) is 72.9 Å². The first-order valence-electron chi connectivity index (χ1n) is 9.71. The average Bonchev–Trinajstić information content (AvgIpc) is 2.55. The summed E-state index contributed by atoms with van der Waals surface area (Å²) in [6.07, 6.45) is 2.16. The van der Waals surface area contributed by atoms with E-state index < -0.39 is 8.07 Å². The molecule has 0 fully saturated rings. The molecule has 1 aromatic rings. The first kappa shape index (κ1) is 21.6. The molecule has 0 heterocycles. The van der Waals surface area contributed by atoms with E-state index in [1.165, 1.54) is 0 Å². The number of methoxy groups -OCH3 is 1. The maximum Gasteiger partial charge on any atom is 0.146 e. The highest BCUT2D eigenvalue weighted by Crippen LogP contribution is 2.40. The molecule has 0 aliphatic heterocycles. The molecule has 0 amide bonds. The van der Waals surface area contributed by atoms with Gasteiger partial charge in [0.2, 0.25) is 0 Å². The highest BCUT2D eigenvalue weighted by molar-refractivity contribution is 6.90. The molecule has 1 atom stereocenters. The normalized spacial score (nSPS) is 12.9. The predicted molar refractivity (Wildman–Crippen MR) is 114 cm³/mol. The zero-order valence-electron chi connectivity index (χ0n) is 17.4. The molecule has 1 unspecified atom stereocenters. The third-order valence-electron chi connectivity index (χ3n) is 5.34. The third-order valence-corrected chi connectivity index (χ3v) is 11.7. The molecule has 0 aromatic heterocycles. The maximum atomic E-state index is 5.48. The molecule has 0 aliphatic rings. The summed E-state index contributed by atoms with van der Waals surface area (Å²) >= 11 is 0. The van der Waals surface area contributed by atoms with E-state index in [2.05, 4.69) is 71.3 Å². The van der Waals surface area contributed by atoms with E-state index in [4.69, 9.17) is 4.74 Å². The molecule has 0 saturated carbocycles. The van der Waals surface area contributed by atoms with Gasteiger partial charge >= 0.3 is 0 Å². The number of benzene rings is 1. The second-order valence-corrected chi connectivity index (χ2v) is 13.4. The second kappa shape index (κ2) is 9.92. The minimum absolute atomic E-state index is 0.171. The summed E-state index contributed by atoms with van der Waals surface area (Å²) in [4.78, 5) is 0. The summed E-state index contributed by atoms with van der Waals surface area (Å²) in [6, 6.07) is 8.27. The molecule has 1 N–H and O–H groups in total. The van der Waals surface area contributed by atoms with E-state index in [0.717, 1.165) is 24.3 Å². The smallest absolute Gasteiger partial charge is 0.146 e. The molecule has 0 bridgehead atoms. The Hall–Kier alpha value is -1.40. The van der Waals surface area contributed by atoms with E-state index >= 15 is 0 Å². The lowest BCUT2D eigenvalue weighted by Gasteiger charge is -2.38. The molecule has 140 valence electrons. The van der Waals surface area contributed by atoms with Crippen molar-refractivity contribution in [2.24, 2.45) is 0 Å². The lowest BCUT2D eigenvalue weighted by atomic mass is 10.1. The minimum Gasteiger partial charge on any atom is -0.495 e. The van der Waals surface area contributed by atoms with Crippen LogP contribution < -0.4 is 10.1 Å². The SMILES string of the molecule is CCCC(C#C[Si](C(C)C)(C(C)C)C(C)C)Nc1ccccc1OC. The maximum absolute atomic E-state index is 5.48. The van der Waals surface area contributed by atoms with E-state index in [0.29, 0.717) is 16.6 Å². The lowest BCUT2D eigenvalue weighted by Crippen LogP contribution is -2.43. The van der Waals surface area contributed by atoms with Crippen LogP contribution in [0, 0.1) is 11.5 Å². The summed E-state index contributed by atoms with van der Waals surface area (Å²) < 4.78 is 5.48. The molecule has 2 nitrogen and oxygen atoms in total. The largest absolute Gasteiger partial charge is 0.495 e. The van der Waals surface area contributed by atoms with Crippen LogP contribution >= 0.6 is 0 Å². The van der Waals surface area contributed by atoms with Gasteiger partial charge in [0.25, 0.3) is 0 Å². The van der Waals surface area contributed by atoms with Crippen LogP contribution in [0.4, 0.5) is 5.69 Å². The van der Waals surface area contributed by atoms with Crippen LogP contribution in [-0.4, -0.2) is 21.2 Å². The number of ether oxygens (including phenoxy) is 1. The Morgan fingerprint density at radius 3 is 2.04 bits per heavy atom. The Morgan fingerprint density at radius 1 is 1.00 bits per heavy atom. The van der Waals surface area contributed by atoms with Crippen molar-refractivity contribution in [2.75, 3.05) is 12.4 Å². The van der Waals surface area contributed by atoms with E-state index in [9.17, 15) is 0 Å². The van der Waals surface area contributed by atoms with Gasteiger partial charge in [0, 0.05) is 0 Å². The molecule has 3 heteroatoms. The van der Waals surface area contributed by atoms with Crippen molar-refractivity contribution in [2.45, 2.75) is 84.0 Å². The van der Waals surface area contributed by atoms with Gasteiger partial charge in [-0.05, 0) is 35.2 Å². The number of para-hydroxylation sites is 2. The fraction of sp³-hybridized carbons (Fsp3) is 0.636. The molecular weight excluding hydrogens is 322 g/mol. The topological polar surface area (TPSA) is 21.3 Å².